The minimum atomic E-state index is -0.658. The Hall–Kier alpha value is -3.27. The largest absolute Gasteiger partial charge is 0.492 e. The second kappa shape index (κ2) is 12.6. The number of β-amino-alcohol motifs (C(OH)–C–C–N with tert-alkyl or cyclic N) is 1. The van der Waals surface area contributed by atoms with Crippen molar-refractivity contribution in [1.29, 1.82) is 0 Å². The number of aliphatic hydroxyl groups is 1. The number of pyridine rings is 2. The van der Waals surface area contributed by atoms with E-state index in [-0.39, 0.29) is 0 Å². The first kappa shape index (κ1) is 25.8. The highest BCUT2D eigenvalue weighted by Crippen LogP contribution is 2.27. The fourth-order valence-corrected chi connectivity index (χ4v) is 4.80. The molecule has 1 aliphatic heterocycles. The van der Waals surface area contributed by atoms with Crippen molar-refractivity contribution in [3.05, 3.63) is 53.7 Å². The summed E-state index contributed by atoms with van der Waals surface area (Å²) in [6.07, 6.45) is 3.97. The summed E-state index contributed by atoms with van der Waals surface area (Å²) in [5.41, 5.74) is 3.96. The maximum absolute atomic E-state index is 11.1. The van der Waals surface area contributed by atoms with Crippen molar-refractivity contribution in [1.82, 2.24) is 20.2 Å². The third-order valence-corrected chi connectivity index (χ3v) is 6.51. The van der Waals surface area contributed by atoms with Gasteiger partial charge in [-0.2, -0.15) is 0 Å². The molecule has 2 atom stereocenters. The lowest BCUT2D eigenvalue weighted by atomic mass is 9.97. The lowest BCUT2D eigenvalue weighted by Gasteiger charge is -2.34. The number of rotatable bonds is 12. The minimum absolute atomic E-state index is 0.494. The van der Waals surface area contributed by atoms with Crippen LogP contribution in [0, 0.1) is 5.92 Å². The molecule has 36 heavy (non-hydrogen) atoms. The van der Waals surface area contributed by atoms with Crippen LogP contribution in [-0.2, 0) is 11.3 Å². The van der Waals surface area contributed by atoms with E-state index >= 15 is 0 Å². The van der Waals surface area contributed by atoms with Gasteiger partial charge in [0, 0.05) is 37.5 Å². The van der Waals surface area contributed by atoms with E-state index in [9.17, 15) is 9.90 Å². The van der Waals surface area contributed by atoms with Gasteiger partial charge in [0.2, 0.25) is 12.3 Å². The van der Waals surface area contributed by atoms with Gasteiger partial charge in [0.05, 0.1) is 36.5 Å². The number of carbonyl (C=O) groups excluding carboxylic acids is 1. The Kier molecular flexibility index (Phi) is 9.05. The molecule has 0 spiro atoms. The summed E-state index contributed by atoms with van der Waals surface area (Å²) >= 11 is 0. The molecule has 3 aromatic rings. The van der Waals surface area contributed by atoms with Crippen LogP contribution in [-0.4, -0.2) is 66.3 Å². The van der Waals surface area contributed by atoms with Gasteiger partial charge in [-0.3, -0.25) is 9.78 Å². The van der Waals surface area contributed by atoms with E-state index in [1.807, 2.05) is 37.3 Å². The zero-order valence-electron chi connectivity index (χ0n) is 20.9. The third kappa shape index (κ3) is 6.48. The van der Waals surface area contributed by atoms with Crippen LogP contribution in [0.1, 0.15) is 37.0 Å². The number of hydrogen-bond donors (Lipinski definition) is 3. The van der Waals surface area contributed by atoms with Crippen LogP contribution >= 0.6 is 0 Å². The molecule has 9 heteroatoms. The molecule has 3 N–H and O–H groups in total. The molecular weight excluding hydrogens is 458 g/mol. The van der Waals surface area contributed by atoms with Gasteiger partial charge in [-0.05, 0) is 68.6 Å². The molecule has 1 saturated heterocycles. The first-order valence-corrected chi connectivity index (χ1v) is 12.5. The molecule has 9 nitrogen and oxygen atoms in total. The lowest BCUT2D eigenvalue weighted by Crippen LogP contribution is -2.41. The number of aliphatic hydroxyl groups excluding tert-OH is 1. The molecule has 2 aromatic heterocycles. The molecule has 1 fully saturated rings. The van der Waals surface area contributed by atoms with E-state index in [1.54, 1.807) is 19.4 Å². The number of hydrogen-bond acceptors (Lipinski definition) is 8. The molecule has 1 aromatic carbocycles. The second-order valence-corrected chi connectivity index (χ2v) is 9.06. The fourth-order valence-electron chi connectivity index (χ4n) is 4.80. The summed E-state index contributed by atoms with van der Waals surface area (Å²) in [7, 11) is 1.58. The van der Waals surface area contributed by atoms with E-state index in [4.69, 9.17) is 9.47 Å². The fraction of sp³-hybridized carbons (Fsp3) is 0.444. The number of nitrogens with one attached hydrogen (secondary N) is 2. The smallest absolute Gasteiger partial charge is 0.213 e. The number of likely N-dealkylation sites (tertiary alicyclic amines) is 1. The number of aromatic nitrogens is 2. The van der Waals surface area contributed by atoms with E-state index in [0.29, 0.717) is 54.9 Å². The zero-order chi connectivity index (χ0) is 25.3. The number of methoxy groups -OCH3 is 1. The van der Waals surface area contributed by atoms with Crippen LogP contribution in [0.2, 0.25) is 0 Å². The number of anilines is 1. The number of piperidine rings is 1. The molecule has 2 unspecified atom stereocenters. The van der Waals surface area contributed by atoms with Crippen LogP contribution in [0.25, 0.3) is 11.0 Å². The van der Waals surface area contributed by atoms with E-state index < -0.39 is 6.10 Å². The molecule has 192 valence electrons. The van der Waals surface area contributed by atoms with Gasteiger partial charge in [0.1, 0.15) is 5.75 Å². The standard InChI is InChI=1S/C27H35N5O4/c1-3-36-25-8-6-19(13-23(25)30-18-33)14-28-15-20-5-4-12-32(16-20)17-24(34)21-10-11-29-22-7-9-26(35-2)31-27(21)22/h6-11,13,18,20,24,28,34H,3-5,12,14-17H2,1-2H3,(H,30,33). The van der Waals surface area contributed by atoms with Crippen LogP contribution in [0.5, 0.6) is 11.6 Å². The summed E-state index contributed by atoms with van der Waals surface area (Å²) in [5, 5.41) is 17.3. The van der Waals surface area contributed by atoms with Gasteiger partial charge < -0.3 is 30.1 Å². The highest BCUT2D eigenvalue weighted by Gasteiger charge is 2.23. The second-order valence-electron chi connectivity index (χ2n) is 9.06. The van der Waals surface area contributed by atoms with Crippen LogP contribution in [0.15, 0.2) is 42.6 Å². The maximum Gasteiger partial charge on any atom is 0.213 e. The molecule has 0 bridgehead atoms. The number of benzene rings is 1. The van der Waals surface area contributed by atoms with Gasteiger partial charge in [-0.15, -0.1) is 0 Å². The molecule has 1 aliphatic rings. The first-order valence-electron chi connectivity index (χ1n) is 12.5. The minimum Gasteiger partial charge on any atom is -0.492 e. The van der Waals surface area contributed by atoms with Gasteiger partial charge in [0.15, 0.2) is 0 Å². The lowest BCUT2D eigenvalue weighted by molar-refractivity contribution is -0.105. The Balaban J connectivity index is 1.32. The topological polar surface area (TPSA) is 109 Å². The molecule has 0 saturated carbocycles. The van der Waals surface area contributed by atoms with Crippen molar-refractivity contribution >= 4 is 23.1 Å². The average Bonchev–Trinajstić information content (AvgIpc) is 2.90. The SMILES string of the molecule is CCOc1ccc(CNCC2CCCN(CC(O)c3ccnc4ccc(OC)nc34)C2)cc1NC=O. The van der Waals surface area contributed by atoms with Gasteiger partial charge in [-0.25, -0.2) is 4.98 Å². The number of ether oxygens (including phenoxy) is 2. The summed E-state index contributed by atoms with van der Waals surface area (Å²) < 4.78 is 10.8. The maximum atomic E-state index is 11.1. The Morgan fingerprint density at radius 2 is 2.17 bits per heavy atom. The average molecular weight is 494 g/mol. The highest BCUT2D eigenvalue weighted by molar-refractivity contribution is 5.78. The van der Waals surface area contributed by atoms with Crippen LogP contribution in [0.3, 0.4) is 0 Å². The van der Waals surface area contributed by atoms with Gasteiger partial charge in [-0.1, -0.05) is 6.07 Å². The van der Waals surface area contributed by atoms with Crippen molar-refractivity contribution in [2.75, 3.05) is 45.2 Å². The zero-order valence-corrected chi connectivity index (χ0v) is 20.9. The summed E-state index contributed by atoms with van der Waals surface area (Å²) in [5.74, 6) is 1.67. The summed E-state index contributed by atoms with van der Waals surface area (Å²) in [4.78, 5) is 22.2. The molecular formula is C27H35N5O4. The van der Waals surface area contributed by atoms with Crippen LogP contribution in [0.4, 0.5) is 5.69 Å². The van der Waals surface area contributed by atoms with Crippen molar-refractivity contribution in [2.24, 2.45) is 5.92 Å². The van der Waals surface area contributed by atoms with E-state index in [2.05, 4.69) is 25.5 Å². The van der Waals surface area contributed by atoms with E-state index in [1.165, 1.54) is 0 Å². The predicted octanol–water partition coefficient (Wildman–Crippen LogP) is 3.14. The Bertz CT molecular complexity index is 1160. The van der Waals surface area contributed by atoms with Crippen LogP contribution < -0.4 is 20.1 Å². The Morgan fingerprint density at radius 3 is 2.97 bits per heavy atom. The molecule has 3 heterocycles. The van der Waals surface area contributed by atoms with Gasteiger partial charge in [0.25, 0.3) is 0 Å². The van der Waals surface area contributed by atoms with Gasteiger partial charge >= 0.3 is 0 Å². The number of nitrogens with zero attached hydrogens (tertiary/aromatic N) is 3. The summed E-state index contributed by atoms with van der Waals surface area (Å²) in [6, 6.07) is 11.3. The quantitative estimate of drug-likeness (QED) is 0.330. The monoisotopic (exact) mass is 493 g/mol. The van der Waals surface area contributed by atoms with E-state index in [0.717, 1.165) is 49.1 Å². The molecule has 1 amide bonds. The van der Waals surface area contributed by atoms with Crippen molar-refractivity contribution < 1.29 is 19.4 Å². The normalized spacial score (nSPS) is 17.0. The Morgan fingerprint density at radius 1 is 1.28 bits per heavy atom. The third-order valence-electron chi connectivity index (χ3n) is 6.51. The number of amides is 1. The first-order chi connectivity index (χ1) is 17.6. The number of carbonyl (C=O) groups is 1. The van der Waals surface area contributed by atoms with Crippen molar-refractivity contribution in [2.45, 2.75) is 32.4 Å². The number of fused-ring (bicyclic) bond motifs is 1. The summed E-state index contributed by atoms with van der Waals surface area (Å²) in [6.45, 7) is 6.48. The Labute approximate surface area is 211 Å². The van der Waals surface area contributed by atoms with Crippen molar-refractivity contribution in [3.63, 3.8) is 0 Å². The highest BCUT2D eigenvalue weighted by atomic mass is 16.5. The molecule has 0 aliphatic carbocycles. The predicted molar refractivity (Wildman–Crippen MR) is 139 cm³/mol. The molecule has 4 rings (SSSR count). The van der Waals surface area contributed by atoms with Crippen molar-refractivity contribution in [3.8, 4) is 11.6 Å². The molecule has 0 radical (unpaired) electrons.